The number of hydrogen-bond donors (Lipinski definition) is 0. The zero-order valence-corrected chi connectivity index (χ0v) is 11.1. The highest BCUT2D eigenvalue weighted by Gasteiger charge is 2.38. The van der Waals surface area contributed by atoms with Gasteiger partial charge in [0.05, 0.1) is 5.54 Å². The van der Waals surface area contributed by atoms with Crippen molar-refractivity contribution in [2.24, 2.45) is 4.99 Å². The average Bonchev–Trinajstić information content (AvgIpc) is 2.36. The van der Waals surface area contributed by atoms with Crippen LogP contribution in [0, 0.1) is 0 Å². The second-order valence-corrected chi connectivity index (χ2v) is 4.81. The van der Waals surface area contributed by atoms with E-state index in [-0.39, 0.29) is 5.54 Å². The molecule has 1 aromatic carbocycles. The van der Waals surface area contributed by atoms with Gasteiger partial charge in [-0.15, -0.1) is 0 Å². The van der Waals surface area contributed by atoms with E-state index in [1.807, 2.05) is 0 Å². The van der Waals surface area contributed by atoms with E-state index in [9.17, 15) is 4.79 Å². The molecule has 18 heavy (non-hydrogen) atoms. The summed E-state index contributed by atoms with van der Waals surface area (Å²) in [5.41, 5.74) is 2.10. The smallest absolute Gasteiger partial charge is 0.235 e. The Morgan fingerprint density at radius 2 is 1.83 bits per heavy atom. The summed E-state index contributed by atoms with van der Waals surface area (Å²) in [4.78, 5) is 16.9. The number of carbonyl (C=O) groups excluding carboxylic acids is 1. The fraction of sp³-hybridized carbons (Fsp3) is 0.533. The summed E-state index contributed by atoms with van der Waals surface area (Å²) in [6.07, 6.45) is 4.81. The van der Waals surface area contributed by atoms with Crippen molar-refractivity contribution >= 4 is 11.8 Å². The lowest BCUT2D eigenvalue weighted by molar-refractivity contribution is 0.256. The first-order chi connectivity index (χ1) is 8.75. The van der Waals surface area contributed by atoms with E-state index in [1.54, 1.807) is 6.08 Å². The highest BCUT2D eigenvalue weighted by atomic mass is 16.1. The molecule has 0 saturated heterocycles. The molecule has 0 aliphatic heterocycles. The third-order valence-electron chi connectivity index (χ3n) is 3.97. The van der Waals surface area contributed by atoms with Crippen LogP contribution < -0.4 is 4.90 Å². The van der Waals surface area contributed by atoms with Crippen LogP contribution in [0.1, 0.15) is 38.7 Å². The second kappa shape index (κ2) is 5.36. The summed E-state index contributed by atoms with van der Waals surface area (Å²) >= 11 is 0. The minimum absolute atomic E-state index is 0.274. The van der Waals surface area contributed by atoms with Crippen LogP contribution in [0.25, 0.3) is 0 Å². The van der Waals surface area contributed by atoms with Crippen molar-refractivity contribution in [1.82, 2.24) is 0 Å². The van der Waals surface area contributed by atoms with Crippen LogP contribution in [0.3, 0.4) is 0 Å². The Hall–Kier alpha value is -1.60. The Balaban J connectivity index is 2.24. The average molecular weight is 244 g/mol. The number of hydrogen-bond acceptors (Lipinski definition) is 3. The molecule has 1 fully saturated rings. The summed E-state index contributed by atoms with van der Waals surface area (Å²) < 4.78 is 0. The van der Waals surface area contributed by atoms with Gasteiger partial charge in [0, 0.05) is 18.8 Å². The van der Waals surface area contributed by atoms with Gasteiger partial charge in [-0.3, -0.25) is 0 Å². The second-order valence-electron chi connectivity index (χ2n) is 4.81. The lowest BCUT2D eigenvalue weighted by Crippen LogP contribution is -2.32. The molecule has 0 atom stereocenters. The molecule has 2 rings (SSSR count). The van der Waals surface area contributed by atoms with Gasteiger partial charge < -0.3 is 4.90 Å². The van der Waals surface area contributed by atoms with Crippen LogP contribution in [0.5, 0.6) is 0 Å². The highest BCUT2D eigenvalue weighted by Crippen LogP contribution is 2.44. The van der Waals surface area contributed by atoms with Crippen molar-refractivity contribution in [2.45, 2.75) is 38.6 Å². The standard InChI is InChI=1S/C15H20N2O/c1-3-17(4-2)14-8-6-13(7-9-14)15(16-12-18)10-5-11-15/h6-9H,3-5,10-11H2,1-2H3. The quantitative estimate of drug-likeness (QED) is 0.588. The van der Waals surface area contributed by atoms with Gasteiger partial charge in [-0.25, -0.2) is 4.79 Å². The van der Waals surface area contributed by atoms with E-state index in [2.05, 4.69) is 48.0 Å². The normalized spacial score (nSPS) is 16.6. The molecule has 0 amide bonds. The number of isocyanates is 1. The van der Waals surface area contributed by atoms with Crippen LogP contribution in [0.4, 0.5) is 5.69 Å². The molecule has 0 aromatic heterocycles. The number of rotatable bonds is 5. The molecule has 0 bridgehead atoms. The SMILES string of the molecule is CCN(CC)c1ccc(C2(N=C=O)CCC2)cc1. The van der Waals surface area contributed by atoms with Crippen LogP contribution in [-0.2, 0) is 10.3 Å². The van der Waals surface area contributed by atoms with Crippen LogP contribution in [0.2, 0.25) is 0 Å². The molecule has 1 aliphatic rings. The predicted molar refractivity (Wildman–Crippen MR) is 73.7 cm³/mol. The maximum atomic E-state index is 10.6. The van der Waals surface area contributed by atoms with E-state index in [0.717, 1.165) is 37.9 Å². The van der Waals surface area contributed by atoms with Crippen LogP contribution in [-0.4, -0.2) is 19.2 Å². The highest BCUT2D eigenvalue weighted by molar-refractivity contribution is 5.49. The van der Waals surface area contributed by atoms with Crippen molar-refractivity contribution in [3.05, 3.63) is 29.8 Å². The van der Waals surface area contributed by atoms with Gasteiger partial charge in [0.2, 0.25) is 6.08 Å². The van der Waals surface area contributed by atoms with E-state index >= 15 is 0 Å². The molecule has 1 saturated carbocycles. The molecule has 3 heteroatoms. The first-order valence-corrected chi connectivity index (χ1v) is 6.70. The number of nitrogens with zero attached hydrogens (tertiary/aromatic N) is 2. The maximum absolute atomic E-state index is 10.6. The van der Waals surface area contributed by atoms with Crippen molar-refractivity contribution in [3.8, 4) is 0 Å². The Labute approximate surface area is 109 Å². The monoisotopic (exact) mass is 244 g/mol. The van der Waals surface area contributed by atoms with Crippen molar-refractivity contribution in [3.63, 3.8) is 0 Å². The zero-order chi connectivity index (χ0) is 13.0. The minimum Gasteiger partial charge on any atom is -0.372 e. The summed E-state index contributed by atoms with van der Waals surface area (Å²) in [5.74, 6) is 0. The Kier molecular flexibility index (Phi) is 3.83. The van der Waals surface area contributed by atoms with E-state index in [0.29, 0.717) is 0 Å². The minimum atomic E-state index is -0.274. The van der Waals surface area contributed by atoms with Gasteiger partial charge in [0.1, 0.15) is 0 Å². The van der Waals surface area contributed by atoms with Gasteiger partial charge >= 0.3 is 0 Å². The third kappa shape index (κ3) is 2.19. The van der Waals surface area contributed by atoms with Gasteiger partial charge in [0.15, 0.2) is 0 Å². The molecule has 3 nitrogen and oxygen atoms in total. The summed E-state index contributed by atoms with van der Waals surface area (Å²) in [7, 11) is 0. The molecule has 0 heterocycles. The first kappa shape index (κ1) is 12.8. The lowest BCUT2D eigenvalue weighted by Gasteiger charge is -2.37. The Morgan fingerprint density at radius 1 is 1.22 bits per heavy atom. The summed E-state index contributed by atoms with van der Waals surface area (Å²) in [6.45, 7) is 6.32. The van der Waals surface area contributed by atoms with Crippen molar-refractivity contribution < 1.29 is 4.79 Å². The predicted octanol–water partition coefficient (Wildman–Crippen LogP) is 3.25. The first-order valence-electron chi connectivity index (χ1n) is 6.70. The van der Waals surface area contributed by atoms with Gasteiger partial charge in [-0.05, 0) is 50.8 Å². The van der Waals surface area contributed by atoms with Gasteiger partial charge in [0.25, 0.3) is 0 Å². The van der Waals surface area contributed by atoms with Crippen molar-refractivity contribution in [1.29, 1.82) is 0 Å². The molecule has 1 aromatic rings. The summed E-state index contributed by atoms with van der Waals surface area (Å²) in [6, 6.07) is 8.47. The zero-order valence-electron chi connectivity index (χ0n) is 11.1. The van der Waals surface area contributed by atoms with Crippen LogP contribution >= 0.6 is 0 Å². The third-order valence-corrected chi connectivity index (χ3v) is 3.97. The molecule has 96 valence electrons. The molecule has 0 spiro atoms. The molecule has 1 aliphatic carbocycles. The number of anilines is 1. The van der Waals surface area contributed by atoms with E-state index < -0.39 is 0 Å². The van der Waals surface area contributed by atoms with E-state index in [4.69, 9.17) is 0 Å². The number of aliphatic imine (C=N–C) groups is 1. The fourth-order valence-electron chi connectivity index (χ4n) is 2.64. The lowest BCUT2D eigenvalue weighted by atomic mass is 9.72. The van der Waals surface area contributed by atoms with E-state index in [1.165, 1.54) is 5.69 Å². The molecular formula is C15H20N2O. The van der Waals surface area contributed by atoms with Gasteiger partial charge in [-0.2, -0.15) is 4.99 Å². The molecule has 0 unspecified atom stereocenters. The molecular weight excluding hydrogens is 224 g/mol. The summed E-state index contributed by atoms with van der Waals surface area (Å²) in [5, 5.41) is 0. The Morgan fingerprint density at radius 3 is 2.22 bits per heavy atom. The van der Waals surface area contributed by atoms with Crippen molar-refractivity contribution in [2.75, 3.05) is 18.0 Å². The maximum Gasteiger partial charge on any atom is 0.235 e. The largest absolute Gasteiger partial charge is 0.372 e. The molecule has 0 radical (unpaired) electrons. The fourth-order valence-corrected chi connectivity index (χ4v) is 2.64. The van der Waals surface area contributed by atoms with Crippen LogP contribution in [0.15, 0.2) is 29.3 Å². The topological polar surface area (TPSA) is 32.7 Å². The number of benzene rings is 1. The molecule has 0 N–H and O–H groups in total. The van der Waals surface area contributed by atoms with Gasteiger partial charge in [-0.1, -0.05) is 12.1 Å². The Bertz CT molecular complexity index is 438.